The van der Waals surface area contributed by atoms with Crippen LogP contribution in [0.4, 0.5) is 13.2 Å². The lowest BCUT2D eigenvalue weighted by atomic mass is 10.1. The van der Waals surface area contributed by atoms with Crippen molar-refractivity contribution in [1.82, 2.24) is 4.98 Å². The number of halogens is 4. The van der Waals surface area contributed by atoms with Crippen LogP contribution in [0.1, 0.15) is 18.2 Å². The van der Waals surface area contributed by atoms with E-state index in [0.29, 0.717) is 6.42 Å². The Kier molecular flexibility index (Phi) is 2.95. The number of hydrogen-bond acceptors (Lipinski definition) is 1. The lowest BCUT2D eigenvalue weighted by Crippen LogP contribution is -2.11. The fourth-order valence-corrected chi connectivity index (χ4v) is 1.30. The van der Waals surface area contributed by atoms with Gasteiger partial charge in [-0.15, -0.1) is 0 Å². The average Bonchev–Trinajstić information content (AvgIpc) is 2.03. The Balaban J connectivity index is 3.24. The van der Waals surface area contributed by atoms with Crippen molar-refractivity contribution in [3.8, 4) is 0 Å². The van der Waals surface area contributed by atoms with Gasteiger partial charge in [-0.25, -0.2) is 4.98 Å². The molecule has 0 unspecified atom stereocenters. The molecule has 5 heteroatoms. The molecule has 1 nitrogen and oxygen atoms in total. The summed E-state index contributed by atoms with van der Waals surface area (Å²) in [6.07, 6.45) is -4.04. The van der Waals surface area contributed by atoms with Crippen molar-refractivity contribution in [2.75, 3.05) is 0 Å². The number of rotatable bonds is 1. The minimum absolute atomic E-state index is 0.206. The standard InChI is InChI=1S/C8H7BrF3N/c1-2-5-3-4-6(9)13-7(5)8(10,11)12/h3-4H,2H2,1H3. The first-order valence-electron chi connectivity index (χ1n) is 3.67. The predicted octanol–water partition coefficient (Wildman–Crippen LogP) is 3.43. The molecule has 0 aliphatic carbocycles. The zero-order valence-corrected chi connectivity index (χ0v) is 8.41. The van der Waals surface area contributed by atoms with Crippen molar-refractivity contribution in [3.63, 3.8) is 0 Å². The normalized spacial score (nSPS) is 11.8. The lowest BCUT2D eigenvalue weighted by molar-refractivity contribution is -0.141. The molecule has 0 saturated heterocycles. The van der Waals surface area contributed by atoms with Crippen LogP contribution in [-0.4, -0.2) is 4.98 Å². The van der Waals surface area contributed by atoms with Gasteiger partial charge in [-0.05, 0) is 34.0 Å². The first kappa shape index (κ1) is 10.5. The first-order chi connectivity index (χ1) is 5.95. The van der Waals surface area contributed by atoms with E-state index in [-0.39, 0.29) is 10.2 Å². The molecule has 0 spiro atoms. The zero-order chi connectivity index (χ0) is 10.1. The summed E-state index contributed by atoms with van der Waals surface area (Å²) in [6, 6.07) is 2.94. The van der Waals surface area contributed by atoms with Crippen molar-refractivity contribution in [2.24, 2.45) is 0 Å². The Morgan fingerprint density at radius 3 is 2.46 bits per heavy atom. The van der Waals surface area contributed by atoms with Crippen LogP contribution in [-0.2, 0) is 12.6 Å². The quantitative estimate of drug-likeness (QED) is 0.699. The highest BCUT2D eigenvalue weighted by Gasteiger charge is 2.34. The minimum atomic E-state index is -4.37. The molecule has 0 N–H and O–H groups in total. The summed E-state index contributed by atoms with van der Waals surface area (Å²) in [5.41, 5.74) is -0.583. The van der Waals surface area contributed by atoms with E-state index >= 15 is 0 Å². The molecule has 0 saturated carbocycles. The highest BCUT2D eigenvalue weighted by atomic mass is 79.9. The van der Waals surface area contributed by atoms with E-state index in [9.17, 15) is 13.2 Å². The topological polar surface area (TPSA) is 12.9 Å². The Hall–Kier alpha value is -0.580. The Morgan fingerprint density at radius 1 is 1.38 bits per heavy atom. The Morgan fingerprint density at radius 2 is 2.00 bits per heavy atom. The van der Waals surface area contributed by atoms with E-state index in [1.54, 1.807) is 6.92 Å². The number of aromatic nitrogens is 1. The molecule has 0 aliphatic rings. The van der Waals surface area contributed by atoms with Gasteiger partial charge < -0.3 is 0 Å². The lowest BCUT2D eigenvalue weighted by Gasteiger charge is -2.10. The Bertz CT molecular complexity index is 309. The molecule has 1 aromatic rings. The number of pyridine rings is 1. The van der Waals surface area contributed by atoms with Crippen molar-refractivity contribution in [1.29, 1.82) is 0 Å². The molecular weight excluding hydrogens is 247 g/mol. The van der Waals surface area contributed by atoms with Gasteiger partial charge in [-0.3, -0.25) is 0 Å². The summed E-state index contributed by atoms with van der Waals surface area (Å²) < 4.78 is 37.2. The van der Waals surface area contributed by atoms with E-state index in [2.05, 4.69) is 20.9 Å². The van der Waals surface area contributed by atoms with Crippen LogP contribution in [0.25, 0.3) is 0 Å². The Labute approximate surface area is 82.1 Å². The molecule has 0 atom stereocenters. The smallest absolute Gasteiger partial charge is 0.236 e. The fraction of sp³-hybridized carbons (Fsp3) is 0.375. The monoisotopic (exact) mass is 253 g/mol. The first-order valence-corrected chi connectivity index (χ1v) is 4.47. The summed E-state index contributed by atoms with van der Waals surface area (Å²) in [6.45, 7) is 1.67. The third kappa shape index (κ3) is 2.43. The van der Waals surface area contributed by atoms with Gasteiger partial charge in [0.1, 0.15) is 10.3 Å². The van der Waals surface area contributed by atoms with E-state index in [1.807, 2.05) is 0 Å². The predicted molar refractivity (Wildman–Crippen MR) is 46.3 cm³/mol. The van der Waals surface area contributed by atoms with Crippen molar-refractivity contribution in [2.45, 2.75) is 19.5 Å². The summed E-state index contributed by atoms with van der Waals surface area (Å²) in [4.78, 5) is 3.41. The molecule has 13 heavy (non-hydrogen) atoms. The molecule has 0 amide bonds. The molecule has 0 fully saturated rings. The average molecular weight is 254 g/mol. The second-order valence-electron chi connectivity index (χ2n) is 2.49. The molecule has 0 bridgehead atoms. The van der Waals surface area contributed by atoms with E-state index in [1.165, 1.54) is 12.1 Å². The van der Waals surface area contributed by atoms with Crippen LogP contribution in [0, 0.1) is 0 Å². The largest absolute Gasteiger partial charge is 0.433 e. The van der Waals surface area contributed by atoms with Crippen LogP contribution in [0.2, 0.25) is 0 Å². The summed E-state index contributed by atoms with van der Waals surface area (Å²) in [5, 5.41) is 0. The highest BCUT2D eigenvalue weighted by molar-refractivity contribution is 9.10. The SMILES string of the molecule is CCc1ccc(Br)nc1C(F)(F)F. The minimum Gasteiger partial charge on any atom is -0.236 e. The van der Waals surface area contributed by atoms with Crippen LogP contribution >= 0.6 is 15.9 Å². The van der Waals surface area contributed by atoms with E-state index in [4.69, 9.17) is 0 Å². The molecule has 0 radical (unpaired) electrons. The second kappa shape index (κ2) is 3.65. The molecular formula is C8H7BrF3N. The maximum atomic E-state index is 12.3. The highest BCUT2D eigenvalue weighted by Crippen LogP contribution is 2.31. The van der Waals surface area contributed by atoms with Crippen molar-refractivity contribution in [3.05, 3.63) is 28.0 Å². The summed E-state index contributed by atoms with van der Waals surface area (Å²) >= 11 is 2.91. The molecule has 1 aromatic heterocycles. The van der Waals surface area contributed by atoms with Gasteiger partial charge in [-0.1, -0.05) is 13.0 Å². The number of hydrogen-bond donors (Lipinski definition) is 0. The van der Waals surface area contributed by atoms with Gasteiger partial charge in [0.25, 0.3) is 0 Å². The van der Waals surface area contributed by atoms with Crippen molar-refractivity contribution < 1.29 is 13.2 Å². The van der Waals surface area contributed by atoms with Gasteiger partial charge >= 0.3 is 6.18 Å². The van der Waals surface area contributed by atoms with Gasteiger partial charge in [0.05, 0.1) is 0 Å². The van der Waals surface area contributed by atoms with Crippen LogP contribution in [0.3, 0.4) is 0 Å². The number of alkyl halides is 3. The van der Waals surface area contributed by atoms with Gasteiger partial charge in [0.15, 0.2) is 0 Å². The zero-order valence-electron chi connectivity index (χ0n) is 6.82. The van der Waals surface area contributed by atoms with E-state index < -0.39 is 11.9 Å². The third-order valence-electron chi connectivity index (χ3n) is 1.59. The summed E-state index contributed by atoms with van der Waals surface area (Å²) in [5.74, 6) is 0. The third-order valence-corrected chi connectivity index (χ3v) is 2.04. The molecule has 1 heterocycles. The number of aryl methyl sites for hydroxylation is 1. The van der Waals surface area contributed by atoms with Crippen LogP contribution in [0.5, 0.6) is 0 Å². The summed E-state index contributed by atoms with van der Waals surface area (Å²) in [7, 11) is 0. The second-order valence-corrected chi connectivity index (χ2v) is 3.31. The maximum absolute atomic E-state index is 12.3. The fourth-order valence-electron chi connectivity index (χ4n) is 0.995. The van der Waals surface area contributed by atoms with Gasteiger partial charge in [-0.2, -0.15) is 13.2 Å². The molecule has 72 valence electrons. The van der Waals surface area contributed by atoms with Crippen LogP contribution < -0.4 is 0 Å². The molecule has 0 aliphatic heterocycles. The van der Waals surface area contributed by atoms with E-state index in [0.717, 1.165) is 0 Å². The maximum Gasteiger partial charge on any atom is 0.433 e. The molecule has 0 aromatic carbocycles. The van der Waals surface area contributed by atoms with Crippen molar-refractivity contribution >= 4 is 15.9 Å². The number of nitrogens with zero attached hydrogens (tertiary/aromatic N) is 1. The van der Waals surface area contributed by atoms with Crippen LogP contribution in [0.15, 0.2) is 16.7 Å². The molecule has 1 rings (SSSR count). The van der Waals surface area contributed by atoms with Gasteiger partial charge in [0.2, 0.25) is 0 Å². The van der Waals surface area contributed by atoms with Gasteiger partial charge in [0, 0.05) is 0 Å².